The Morgan fingerprint density at radius 3 is 2.76 bits per heavy atom. The summed E-state index contributed by atoms with van der Waals surface area (Å²) in [5.41, 5.74) is 5.99. The van der Waals surface area contributed by atoms with Crippen LogP contribution in [0.3, 0.4) is 0 Å². The average molecular weight is 373 g/mol. The molecule has 21 heavy (non-hydrogen) atoms. The number of nitrogens with two attached hydrogens (primary N) is 1. The Hall–Kier alpha value is -1.31. The highest BCUT2D eigenvalue weighted by molar-refractivity contribution is 9.10. The van der Waals surface area contributed by atoms with Crippen molar-refractivity contribution >= 4 is 31.6 Å². The number of nitrogens with one attached hydrogen (secondary N) is 1. The molecule has 0 saturated heterocycles. The molecule has 0 fully saturated rings. The molecule has 7 heteroatoms. The number of benzene rings is 1. The number of hydrogen-bond donors (Lipinski definition) is 2. The van der Waals surface area contributed by atoms with Gasteiger partial charge in [0.1, 0.15) is 10.7 Å². The van der Waals surface area contributed by atoms with Gasteiger partial charge >= 0.3 is 0 Å². The number of sulfonamides is 1. The molecule has 0 spiro atoms. The SMILES string of the molecule is CC(CCc1ccco1)NS(=O)(=O)c1ccc(Br)cc1N. The van der Waals surface area contributed by atoms with Crippen molar-refractivity contribution in [2.75, 3.05) is 5.73 Å². The second-order valence-electron chi connectivity index (χ2n) is 4.82. The number of anilines is 1. The van der Waals surface area contributed by atoms with E-state index in [4.69, 9.17) is 10.2 Å². The molecule has 2 aromatic rings. The lowest BCUT2D eigenvalue weighted by Crippen LogP contribution is -2.33. The quantitative estimate of drug-likeness (QED) is 0.763. The fraction of sp³-hybridized carbons (Fsp3) is 0.286. The van der Waals surface area contributed by atoms with E-state index in [9.17, 15) is 8.42 Å². The van der Waals surface area contributed by atoms with E-state index in [-0.39, 0.29) is 16.6 Å². The second-order valence-corrected chi connectivity index (χ2v) is 7.42. The molecule has 0 aliphatic carbocycles. The molecule has 1 aromatic heterocycles. The van der Waals surface area contributed by atoms with Crippen LogP contribution < -0.4 is 10.5 Å². The minimum absolute atomic E-state index is 0.0931. The average Bonchev–Trinajstić information content (AvgIpc) is 2.88. The molecule has 2 rings (SSSR count). The van der Waals surface area contributed by atoms with Crippen molar-refractivity contribution in [2.24, 2.45) is 0 Å². The maximum atomic E-state index is 12.3. The summed E-state index contributed by atoms with van der Waals surface area (Å²) in [6.07, 6.45) is 2.92. The first-order valence-corrected chi connectivity index (χ1v) is 8.76. The Kier molecular flexibility index (Phi) is 5.08. The lowest BCUT2D eigenvalue weighted by molar-refractivity contribution is 0.480. The normalized spacial score (nSPS) is 13.2. The zero-order valence-corrected chi connectivity index (χ0v) is 13.9. The first-order chi connectivity index (χ1) is 9.88. The highest BCUT2D eigenvalue weighted by Crippen LogP contribution is 2.23. The van der Waals surface area contributed by atoms with Crippen LogP contribution in [0.1, 0.15) is 19.1 Å². The molecule has 1 aromatic carbocycles. The fourth-order valence-electron chi connectivity index (χ4n) is 1.96. The maximum absolute atomic E-state index is 12.3. The van der Waals surface area contributed by atoms with E-state index >= 15 is 0 Å². The van der Waals surface area contributed by atoms with Crippen LogP contribution in [0.4, 0.5) is 5.69 Å². The molecule has 3 N–H and O–H groups in total. The molecule has 114 valence electrons. The molecular weight excluding hydrogens is 356 g/mol. The Morgan fingerprint density at radius 1 is 1.38 bits per heavy atom. The lowest BCUT2D eigenvalue weighted by atomic mass is 10.2. The molecule has 1 heterocycles. The minimum atomic E-state index is -3.62. The highest BCUT2D eigenvalue weighted by atomic mass is 79.9. The lowest BCUT2D eigenvalue weighted by Gasteiger charge is -2.15. The van der Waals surface area contributed by atoms with Crippen LogP contribution in [-0.2, 0) is 16.4 Å². The van der Waals surface area contributed by atoms with Crippen LogP contribution in [0.25, 0.3) is 0 Å². The summed E-state index contributed by atoms with van der Waals surface area (Å²) >= 11 is 3.26. The van der Waals surface area contributed by atoms with Gasteiger partial charge in [0.05, 0.1) is 12.0 Å². The van der Waals surface area contributed by atoms with Crippen molar-refractivity contribution in [3.63, 3.8) is 0 Å². The molecule has 0 amide bonds. The number of nitrogen functional groups attached to an aromatic ring is 1. The molecule has 0 radical (unpaired) electrons. The Morgan fingerprint density at radius 2 is 2.14 bits per heavy atom. The van der Waals surface area contributed by atoms with Crippen molar-refractivity contribution < 1.29 is 12.8 Å². The summed E-state index contributed by atoms with van der Waals surface area (Å²) in [4.78, 5) is 0.0931. The summed E-state index contributed by atoms with van der Waals surface area (Å²) in [6, 6.07) is 8.17. The number of aryl methyl sites for hydroxylation is 1. The third-order valence-corrected chi connectivity index (χ3v) is 5.18. The van der Waals surface area contributed by atoms with Gasteiger partial charge in [-0.25, -0.2) is 13.1 Å². The monoisotopic (exact) mass is 372 g/mol. The van der Waals surface area contributed by atoms with Gasteiger partial charge in [0, 0.05) is 16.9 Å². The van der Waals surface area contributed by atoms with Crippen LogP contribution in [0.2, 0.25) is 0 Å². The van der Waals surface area contributed by atoms with E-state index in [2.05, 4.69) is 20.7 Å². The fourth-order valence-corrected chi connectivity index (χ4v) is 3.73. The first kappa shape index (κ1) is 16.1. The van der Waals surface area contributed by atoms with E-state index < -0.39 is 10.0 Å². The smallest absolute Gasteiger partial charge is 0.242 e. The summed E-state index contributed by atoms with van der Waals surface area (Å²) < 4.78 is 33.2. The standard InChI is InChI=1S/C14H17BrN2O3S/c1-10(4-6-12-3-2-8-20-12)17-21(18,19)14-7-5-11(15)9-13(14)16/h2-3,5,7-10,17H,4,6,16H2,1H3. The first-order valence-electron chi connectivity index (χ1n) is 6.48. The van der Waals surface area contributed by atoms with Gasteiger partial charge < -0.3 is 10.2 Å². The van der Waals surface area contributed by atoms with E-state index in [1.807, 2.05) is 19.1 Å². The number of hydrogen-bond acceptors (Lipinski definition) is 4. The second kappa shape index (κ2) is 6.64. The van der Waals surface area contributed by atoms with E-state index in [1.54, 1.807) is 18.4 Å². The zero-order chi connectivity index (χ0) is 15.5. The molecule has 1 unspecified atom stereocenters. The van der Waals surface area contributed by atoms with Crippen LogP contribution in [0.5, 0.6) is 0 Å². The van der Waals surface area contributed by atoms with Gasteiger partial charge in [0.2, 0.25) is 10.0 Å². The Balaban J connectivity index is 2.02. The molecule has 0 aliphatic heterocycles. The number of furan rings is 1. The minimum Gasteiger partial charge on any atom is -0.469 e. The maximum Gasteiger partial charge on any atom is 0.242 e. The third kappa shape index (κ3) is 4.33. The van der Waals surface area contributed by atoms with Gasteiger partial charge in [-0.15, -0.1) is 0 Å². The van der Waals surface area contributed by atoms with Crippen molar-refractivity contribution in [3.8, 4) is 0 Å². The van der Waals surface area contributed by atoms with Gasteiger partial charge in [-0.2, -0.15) is 0 Å². The van der Waals surface area contributed by atoms with Crippen LogP contribution in [0, 0.1) is 0 Å². The van der Waals surface area contributed by atoms with Crippen molar-refractivity contribution in [2.45, 2.75) is 30.7 Å². The van der Waals surface area contributed by atoms with Crippen LogP contribution in [-0.4, -0.2) is 14.5 Å². The molecular formula is C14H17BrN2O3S. The van der Waals surface area contributed by atoms with Gasteiger partial charge in [0.25, 0.3) is 0 Å². The Labute approximate surface area is 132 Å². The molecule has 0 aliphatic rings. The molecule has 5 nitrogen and oxygen atoms in total. The van der Waals surface area contributed by atoms with Gasteiger partial charge in [-0.05, 0) is 43.7 Å². The Bertz CT molecular complexity index is 699. The number of halogens is 1. The summed E-state index contributed by atoms with van der Waals surface area (Å²) in [5.74, 6) is 0.837. The van der Waals surface area contributed by atoms with Gasteiger partial charge in [-0.1, -0.05) is 15.9 Å². The largest absolute Gasteiger partial charge is 0.469 e. The zero-order valence-electron chi connectivity index (χ0n) is 11.5. The summed E-state index contributed by atoms with van der Waals surface area (Å²) in [6.45, 7) is 1.82. The van der Waals surface area contributed by atoms with Crippen LogP contribution in [0.15, 0.2) is 50.4 Å². The summed E-state index contributed by atoms with van der Waals surface area (Å²) in [7, 11) is -3.62. The number of rotatable bonds is 6. The highest BCUT2D eigenvalue weighted by Gasteiger charge is 2.20. The van der Waals surface area contributed by atoms with Crippen LogP contribution >= 0.6 is 15.9 Å². The van der Waals surface area contributed by atoms with Crippen molar-refractivity contribution in [1.82, 2.24) is 4.72 Å². The molecule has 0 bridgehead atoms. The van der Waals surface area contributed by atoms with E-state index in [1.165, 1.54) is 6.07 Å². The predicted molar refractivity (Wildman–Crippen MR) is 85.4 cm³/mol. The predicted octanol–water partition coefficient (Wildman–Crippen LogP) is 2.92. The molecule has 0 saturated carbocycles. The van der Waals surface area contributed by atoms with E-state index in [0.29, 0.717) is 12.8 Å². The van der Waals surface area contributed by atoms with Crippen molar-refractivity contribution in [3.05, 3.63) is 46.8 Å². The summed E-state index contributed by atoms with van der Waals surface area (Å²) in [5, 5.41) is 0. The third-order valence-electron chi connectivity index (χ3n) is 3.02. The topological polar surface area (TPSA) is 85.3 Å². The van der Waals surface area contributed by atoms with Gasteiger partial charge in [0.15, 0.2) is 0 Å². The van der Waals surface area contributed by atoms with Crippen molar-refractivity contribution in [1.29, 1.82) is 0 Å². The van der Waals surface area contributed by atoms with E-state index in [0.717, 1.165) is 10.2 Å². The molecule has 1 atom stereocenters. The van der Waals surface area contributed by atoms with Gasteiger partial charge in [-0.3, -0.25) is 0 Å².